The standard InChI is InChI=1S/C13H10BrN3S2/c1-7-17-10-6-11(9(15)5-12(10)18-7)19-13-8(14)3-2-4-16-13/h2-6H,15H2,1H3. The zero-order chi connectivity index (χ0) is 13.4. The number of fused-ring (bicyclic) bond motifs is 1. The summed E-state index contributed by atoms with van der Waals surface area (Å²) in [6.45, 7) is 2.00. The van der Waals surface area contributed by atoms with Gasteiger partial charge in [0.2, 0.25) is 0 Å². The number of aryl methyl sites for hydroxylation is 1. The maximum Gasteiger partial charge on any atom is 0.115 e. The number of benzene rings is 1. The summed E-state index contributed by atoms with van der Waals surface area (Å²) in [6, 6.07) is 7.88. The molecule has 0 saturated heterocycles. The van der Waals surface area contributed by atoms with Crippen LogP contribution < -0.4 is 5.73 Å². The zero-order valence-corrected chi connectivity index (χ0v) is 13.3. The molecule has 0 aliphatic carbocycles. The molecule has 0 saturated carbocycles. The van der Waals surface area contributed by atoms with Gasteiger partial charge in [-0.2, -0.15) is 0 Å². The van der Waals surface area contributed by atoms with Crippen molar-refractivity contribution in [3.63, 3.8) is 0 Å². The number of nitrogen functional groups attached to an aromatic ring is 1. The highest BCUT2D eigenvalue weighted by Crippen LogP contribution is 2.37. The monoisotopic (exact) mass is 351 g/mol. The van der Waals surface area contributed by atoms with Crippen LogP contribution in [0, 0.1) is 6.92 Å². The van der Waals surface area contributed by atoms with Crippen LogP contribution in [0.25, 0.3) is 10.2 Å². The number of aromatic nitrogens is 2. The molecule has 6 heteroatoms. The third-order valence-electron chi connectivity index (χ3n) is 2.56. The number of rotatable bonds is 2. The molecule has 3 aromatic rings. The van der Waals surface area contributed by atoms with Gasteiger partial charge in [-0.05, 0) is 47.1 Å². The molecule has 0 atom stereocenters. The Balaban J connectivity index is 2.05. The summed E-state index contributed by atoms with van der Waals surface area (Å²) in [5.41, 5.74) is 7.86. The fourth-order valence-corrected chi connectivity index (χ4v) is 3.91. The highest BCUT2D eigenvalue weighted by Gasteiger charge is 2.10. The van der Waals surface area contributed by atoms with E-state index in [1.165, 1.54) is 0 Å². The Morgan fingerprint density at radius 1 is 1.37 bits per heavy atom. The summed E-state index contributed by atoms with van der Waals surface area (Å²) in [7, 11) is 0. The molecule has 96 valence electrons. The van der Waals surface area contributed by atoms with Crippen LogP contribution in [0.5, 0.6) is 0 Å². The summed E-state index contributed by atoms with van der Waals surface area (Å²) in [6.07, 6.45) is 1.77. The molecule has 0 bridgehead atoms. The molecule has 2 heterocycles. The number of thiazole rings is 1. The molecule has 3 nitrogen and oxygen atoms in total. The first-order chi connectivity index (χ1) is 9.13. The third kappa shape index (κ3) is 2.61. The summed E-state index contributed by atoms with van der Waals surface area (Å²) >= 11 is 6.70. The number of hydrogen-bond donors (Lipinski definition) is 1. The molecule has 2 N–H and O–H groups in total. The zero-order valence-electron chi connectivity index (χ0n) is 10.1. The van der Waals surface area contributed by atoms with Crippen molar-refractivity contribution in [2.75, 3.05) is 5.73 Å². The van der Waals surface area contributed by atoms with Crippen LogP contribution in [-0.4, -0.2) is 9.97 Å². The van der Waals surface area contributed by atoms with Gasteiger partial charge in [0.25, 0.3) is 0 Å². The second-order valence-electron chi connectivity index (χ2n) is 3.98. The summed E-state index contributed by atoms with van der Waals surface area (Å²) in [4.78, 5) is 9.82. The van der Waals surface area contributed by atoms with Crippen molar-refractivity contribution < 1.29 is 0 Å². The van der Waals surface area contributed by atoms with Crippen LogP contribution in [0.1, 0.15) is 5.01 Å². The van der Waals surface area contributed by atoms with Crippen molar-refractivity contribution in [3.8, 4) is 0 Å². The van der Waals surface area contributed by atoms with Crippen molar-refractivity contribution >= 4 is 54.9 Å². The highest BCUT2D eigenvalue weighted by atomic mass is 79.9. The van der Waals surface area contributed by atoms with E-state index in [4.69, 9.17) is 5.73 Å². The maximum absolute atomic E-state index is 6.11. The van der Waals surface area contributed by atoms with E-state index >= 15 is 0 Å². The second-order valence-corrected chi connectivity index (χ2v) is 7.10. The van der Waals surface area contributed by atoms with Crippen LogP contribution in [0.15, 0.2) is 44.9 Å². The topological polar surface area (TPSA) is 51.8 Å². The van der Waals surface area contributed by atoms with Gasteiger partial charge in [0, 0.05) is 16.8 Å². The fourth-order valence-electron chi connectivity index (χ4n) is 1.72. The first kappa shape index (κ1) is 12.9. The molecule has 2 aromatic heterocycles. The average Bonchev–Trinajstić information content (AvgIpc) is 2.71. The maximum atomic E-state index is 6.11. The normalized spacial score (nSPS) is 11.1. The Bertz CT molecular complexity index is 755. The minimum absolute atomic E-state index is 0.763. The van der Waals surface area contributed by atoms with Crippen molar-refractivity contribution in [1.29, 1.82) is 0 Å². The van der Waals surface area contributed by atoms with Gasteiger partial charge in [0.1, 0.15) is 5.03 Å². The molecule has 1 aromatic carbocycles. The molecule has 0 unspecified atom stereocenters. The molecule has 0 radical (unpaired) electrons. The van der Waals surface area contributed by atoms with E-state index in [2.05, 4.69) is 25.9 Å². The Hall–Kier alpha value is -1.11. The van der Waals surface area contributed by atoms with Crippen LogP contribution in [0.3, 0.4) is 0 Å². The lowest BCUT2D eigenvalue weighted by atomic mass is 10.3. The third-order valence-corrected chi connectivity index (χ3v) is 5.49. The number of nitrogens with two attached hydrogens (primary N) is 1. The fraction of sp³-hybridized carbons (Fsp3) is 0.0769. The van der Waals surface area contributed by atoms with Gasteiger partial charge in [-0.25, -0.2) is 9.97 Å². The smallest absolute Gasteiger partial charge is 0.115 e. The first-order valence-corrected chi connectivity index (χ1v) is 8.01. The first-order valence-electron chi connectivity index (χ1n) is 5.58. The molecule has 0 fully saturated rings. The number of hydrogen-bond acceptors (Lipinski definition) is 5. The number of anilines is 1. The molecule has 0 aliphatic heterocycles. The van der Waals surface area contributed by atoms with Crippen molar-refractivity contribution in [3.05, 3.63) is 39.9 Å². The Morgan fingerprint density at radius 3 is 3.00 bits per heavy atom. The van der Waals surface area contributed by atoms with Crippen molar-refractivity contribution in [2.24, 2.45) is 0 Å². The van der Waals surface area contributed by atoms with Crippen molar-refractivity contribution in [1.82, 2.24) is 9.97 Å². The number of pyridine rings is 1. The summed E-state index contributed by atoms with van der Waals surface area (Å²) in [5, 5.41) is 1.95. The largest absolute Gasteiger partial charge is 0.398 e. The average molecular weight is 352 g/mol. The lowest BCUT2D eigenvalue weighted by molar-refractivity contribution is 1.11. The van der Waals surface area contributed by atoms with Crippen molar-refractivity contribution in [2.45, 2.75) is 16.8 Å². The Morgan fingerprint density at radius 2 is 2.21 bits per heavy atom. The van der Waals surface area contributed by atoms with Gasteiger partial charge >= 0.3 is 0 Å². The molecular formula is C13H10BrN3S2. The SMILES string of the molecule is Cc1nc2cc(Sc3ncccc3Br)c(N)cc2s1. The minimum Gasteiger partial charge on any atom is -0.398 e. The quantitative estimate of drug-likeness (QED) is 0.690. The molecule has 3 rings (SSSR count). The summed E-state index contributed by atoms with van der Waals surface area (Å²) in [5.74, 6) is 0. The van der Waals surface area contributed by atoms with E-state index in [0.29, 0.717) is 0 Å². The number of halogens is 1. The molecular weight excluding hydrogens is 342 g/mol. The summed E-state index contributed by atoms with van der Waals surface area (Å²) < 4.78 is 2.09. The molecule has 19 heavy (non-hydrogen) atoms. The van der Waals surface area contributed by atoms with Crippen LogP contribution >= 0.6 is 39.0 Å². The second kappa shape index (κ2) is 5.11. The van der Waals surface area contributed by atoms with Gasteiger partial charge in [-0.3, -0.25) is 0 Å². The van der Waals surface area contributed by atoms with Crippen LogP contribution in [0.4, 0.5) is 5.69 Å². The van der Waals surface area contributed by atoms with E-state index in [9.17, 15) is 0 Å². The van der Waals surface area contributed by atoms with Crippen LogP contribution in [-0.2, 0) is 0 Å². The lowest BCUT2D eigenvalue weighted by Gasteiger charge is -2.06. The van der Waals surface area contributed by atoms with Gasteiger partial charge in [0.05, 0.1) is 19.7 Å². The van der Waals surface area contributed by atoms with E-state index < -0.39 is 0 Å². The number of nitrogens with zero attached hydrogens (tertiary/aromatic N) is 2. The van der Waals surface area contributed by atoms with E-state index in [0.717, 1.165) is 35.3 Å². The molecule has 0 aliphatic rings. The van der Waals surface area contributed by atoms with Gasteiger partial charge in [-0.15, -0.1) is 11.3 Å². The van der Waals surface area contributed by atoms with Crippen LogP contribution in [0.2, 0.25) is 0 Å². The van der Waals surface area contributed by atoms with E-state index in [1.54, 1.807) is 29.3 Å². The van der Waals surface area contributed by atoms with Gasteiger partial charge < -0.3 is 5.73 Å². The lowest BCUT2D eigenvalue weighted by Crippen LogP contribution is -1.89. The Kier molecular flexibility index (Phi) is 3.47. The van der Waals surface area contributed by atoms with Gasteiger partial charge in [-0.1, -0.05) is 11.8 Å². The molecule has 0 spiro atoms. The van der Waals surface area contributed by atoms with Gasteiger partial charge in [0.15, 0.2) is 0 Å². The van der Waals surface area contributed by atoms with E-state index in [-0.39, 0.29) is 0 Å². The highest BCUT2D eigenvalue weighted by molar-refractivity contribution is 9.10. The molecule has 0 amide bonds. The predicted molar refractivity (Wildman–Crippen MR) is 84.8 cm³/mol. The van der Waals surface area contributed by atoms with E-state index in [1.807, 2.05) is 31.2 Å². The minimum atomic E-state index is 0.763. The Labute approximate surface area is 127 Å². The predicted octanol–water partition coefficient (Wildman–Crippen LogP) is 4.50.